The van der Waals surface area contributed by atoms with E-state index in [1.54, 1.807) is 36.5 Å². The van der Waals surface area contributed by atoms with Crippen LogP contribution in [0.15, 0.2) is 69.9 Å². The molecule has 1 atom stereocenters. The number of amidine groups is 1. The van der Waals surface area contributed by atoms with E-state index in [0.29, 0.717) is 23.9 Å². The van der Waals surface area contributed by atoms with Gasteiger partial charge in [0.05, 0.1) is 24.8 Å². The summed E-state index contributed by atoms with van der Waals surface area (Å²) in [6, 6.07) is 11.3. The lowest BCUT2D eigenvalue weighted by molar-refractivity contribution is -0.125. The number of methoxy groups -OCH3 is 1. The lowest BCUT2D eigenvalue weighted by atomic mass is 10.1. The second-order valence-electron chi connectivity index (χ2n) is 5.54. The van der Waals surface area contributed by atoms with Gasteiger partial charge < -0.3 is 9.15 Å². The highest BCUT2D eigenvalue weighted by atomic mass is 32.2. The van der Waals surface area contributed by atoms with E-state index in [1.165, 1.54) is 18.0 Å². The number of ether oxygens (including phenoxy) is 1. The lowest BCUT2D eigenvalue weighted by Crippen LogP contribution is -2.32. The Morgan fingerprint density at radius 1 is 1.35 bits per heavy atom. The van der Waals surface area contributed by atoms with Crippen LogP contribution in [-0.2, 0) is 11.2 Å². The maximum absolute atomic E-state index is 12.7. The molecule has 2 aromatic rings. The Morgan fingerprint density at radius 3 is 2.81 bits per heavy atom. The van der Waals surface area contributed by atoms with E-state index in [-0.39, 0.29) is 11.2 Å². The van der Waals surface area contributed by atoms with Gasteiger partial charge in [-0.05, 0) is 36.2 Å². The first-order valence-corrected chi connectivity index (χ1v) is 8.95. The molecule has 1 amide bonds. The maximum Gasteiger partial charge on any atom is 0.242 e. The van der Waals surface area contributed by atoms with Gasteiger partial charge in [0.2, 0.25) is 5.91 Å². The third kappa shape index (κ3) is 4.23. The Hall–Kier alpha value is -2.80. The number of hydrogen-bond donors (Lipinski definition) is 0. The third-order valence-electron chi connectivity index (χ3n) is 3.78. The van der Waals surface area contributed by atoms with Gasteiger partial charge in [0.1, 0.15) is 11.5 Å². The van der Waals surface area contributed by atoms with E-state index in [9.17, 15) is 4.79 Å². The van der Waals surface area contributed by atoms with Gasteiger partial charge in [-0.25, -0.2) is 0 Å². The van der Waals surface area contributed by atoms with Gasteiger partial charge in [-0.2, -0.15) is 5.10 Å². The maximum atomic E-state index is 12.7. The molecule has 3 rings (SSSR count). The summed E-state index contributed by atoms with van der Waals surface area (Å²) < 4.78 is 10.3. The van der Waals surface area contributed by atoms with E-state index in [0.717, 1.165) is 11.3 Å². The second-order valence-corrected chi connectivity index (χ2v) is 6.71. The van der Waals surface area contributed by atoms with Crippen molar-refractivity contribution < 1.29 is 13.9 Å². The molecule has 1 fully saturated rings. The molecule has 7 heteroatoms. The average molecular weight is 369 g/mol. The Morgan fingerprint density at radius 2 is 2.15 bits per heavy atom. The summed E-state index contributed by atoms with van der Waals surface area (Å²) in [6.45, 7) is 4.12. The van der Waals surface area contributed by atoms with Gasteiger partial charge in [0, 0.05) is 6.54 Å². The Balaban J connectivity index is 1.73. The molecule has 0 bridgehead atoms. The molecule has 1 aliphatic heterocycles. The number of furan rings is 1. The summed E-state index contributed by atoms with van der Waals surface area (Å²) in [5.41, 5.74) is 1.07. The van der Waals surface area contributed by atoms with E-state index in [4.69, 9.17) is 9.15 Å². The van der Waals surface area contributed by atoms with Crippen molar-refractivity contribution in [1.29, 1.82) is 0 Å². The van der Waals surface area contributed by atoms with Crippen LogP contribution in [0, 0.1) is 0 Å². The Labute approximate surface area is 156 Å². The van der Waals surface area contributed by atoms with Crippen molar-refractivity contribution in [3.8, 4) is 5.75 Å². The topological polar surface area (TPSA) is 67.4 Å². The van der Waals surface area contributed by atoms with Crippen LogP contribution in [0.2, 0.25) is 0 Å². The molecule has 2 heterocycles. The minimum absolute atomic E-state index is 0.0117. The second kappa shape index (κ2) is 8.53. The minimum Gasteiger partial charge on any atom is -0.497 e. The average Bonchev–Trinajstić information content (AvgIpc) is 3.27. The molecule has 0 aliphatic carbocycles. The predicted octanol–water partition coefficient (Wildman–Crippen LogP) is 3.35. The van der Waals surface area contributed by atoms with Gasteiger partial charge in [-0.1, -0.05) is 30.0 Å². The van der Waals surface area contributed by atoms with Crippen LogP contribution in [0.3, 0.4) is 0 Å². The lowest BCUT2D eigenvalue weighted by Gasteiger charge is -2.12. The highest BCUT2D eigenvalue weighted by molar-refractivity contribution is 8.15. The monoisotopic (exact) mass is 369 g/mol. The van der Waals surface area contributed by atoms with Crippen LogP contribution in [-0.4, -0.2) is 41.1 Å². The molecule has 1 aromatic heterocycles. The molecule has 1 aromatic carbocycles. The van der Waals surface area contributed by atoms with Gasteiger partial charge in [-0.3, -0.25) is 9.69 Å². The zero-order valence-electron chi connectivity index (χ0n) is 14.4. The number of thioether (sulfide) groups is 1. The Bertz CT molecular complexity index is 813. The first-order chi connectivity index (χ1) is 12.7. The summed E-state index contributed by atoms with van der Waals surface area (Å²) in [5, 5.41) is 8.56. The highest BCUT2D eigenvalue weighted by Gasteiger charge is 2.37. The summed E-state index contributed by atoms with van der Waals surface area (Å²) in [6.07, 6.45) is 5.38. The fraction of sp³-hybridized carbons (Fsp3) is 0.211. The van der Waals surface area contributed by atoms with Crippen molar-refractivity contribution in [2.75, 3.05) is 13.7 Å². The molecule has 0 radical (unpaired) electrons. The molecule has 1 saturated heterocycles. The van der Waals surface area contributed by atoms with Crippen molar-refractivity contribution >= 4 is 29.1 Å². The van der Waals surface area contributed by atoms with Crippen LogP contribution < -0.4 is 4.74 Å². The van der Waals surface area contributed by atoms with Crippen LogP contribution >= 0.6 is 11.8 Å². The fourth-order valence-electron chi connectivity index (χ4n) is 2.49. The van der Waals surface area contributed by atoms with Crippen molar-refractivity contribution in [3.63, 3.8) is 0 Å². The molecular weight excluding hydrogens is 350 g/mol. The highest BCUT2D eigenvalue weighted by Crippen LogP contribution is 2.30. The van der Waals surface area contributed by atoms with E-state index in [2.05, 4.69) is 16.8 Å². The number of rotatable bonds is 7. The van der Waals surface area contributed by atoms with E-state index < -0.39 is 0 Å². The predicted molar refractivity (Wildman–Crippen MR) is 104 cm³/mol. The van der Waals surface area contributed by atoms with Gasteiger partial charge in [0.25, 0.3) is 0 Å². The summed E-state index contributed by atoms with van der Waals surface area (Å²) in [7, 11) is 1.63. The molecule has 26 heavy (non-hydrogen) atoms. The number of carbonyl (C=O) groups is 1. The smallest absolute Gasteiger partial charge is 0.242 e. The number of hydrogen-bond acceptors (Lipinski definition) is 6. The molecule has 6 nitrogen and oxygen atoms in total. The normalized spacial score (nSPS) is 18.8. The minimum atomic E-state index is -0.235. The first kappa shape index (κ1) is 18.0. The fourth-order valence-corrected chi connectivity index (χ4v) is 3.63. The summed E-state index contributed by atoms with van der Waals surface area (Å²) in [5.74, 6) is 1.41. The number of benzene rings is 1. The quantitative estimate of drug-likeness (QED) is 0.426. The SMILES string of the molecule is C=CCN1C(=O)C(Cc2ccc(OC)cc2)S/C1=N/N=C/c1ccco1. The van der Waals surface area contributed by atoms with Crippen molar-refractivity contribution in [3.05, 3.63) is 66.6 Å². The molecular formula is C19H19N3O3S. The standard InChI is InChI=1S/C19H19N3O3S/c1-3-10-22-18(23)17(12-14-6-8-15(24-2)9-7-14)26-19(22)21-20-13-16-5-4-11-25-16/h3-9,11,13,17H,1,10,12H2,2H3/b20-13+,21-19+. The summed E-state index contributed by atoms with van der Waals surface area (Å²) >= 11 is 1.41. The van der Waals surface area contributed by atoms with Crippen molar-refractivity contribution in [2.24, 2.45) is 10.2 Å². The number of carbonyl (C=O) groups excluding carboxylic acids is 1. The van der Waals surface area contributed by atoms with Gasteiger partial charge >= 0.3 is 0 Å². The zero-order chi connectivity index (χ0) is 18.4. The first-order valence-electron chi connectivity index (χ1n) is 8.07. The molecule has 0 spiro atoms. The Kier molecular flexibility index (Phi) is 5.91. The van der Waals surface area contributed by atoms with Gasteiger partial charge in [-0.15, -0.1) is 11.7 Å². The molecule has 1 unspecified atom stereocenters. The van der Waals surface area contributed by atoms with E-state index in [1.807, 2.05) is 24.3 Å². The van der Waals surface area contributed by atoms with Crippen LogP contribution in [0.25, 0.3) is 0 Å². The van der Waals surface area contributed by atoms with Crippen LogP contribution in [0.1, 0.15) is 11.3 Å². The van der Waals surface area contributed by atoms with Crippen LogP contribution in [0.5, 0.6) is 5.75 Å². The zero-order valence-corrected chi connectivity index (χ0v) is 15.2. The van der Waals surface area contributed by atoms with Crippen molar-refractivity contribution in [2.45, 2.75) is 11.7 Å². The van der Waals surface area contributed by atoms with Crippen LogP contribution in [0.4, 0.5) is 0 Å². The number of amides is 1. The third-order valence-corrected chi connectivity index (χ3v) is 4.95. The molecule has 0 saturated carbocycles. The largest absolute Gasteiger partial charge is 0.497 e. The van der Waals surface area contributed by atoms with E-state index >= 15 is 0 Å². The summed E-state index contributed by atoms with van der Waals surface area (Å²) in [4.78, 5) is 14.3. The number of nitrogens with zero attached hydrogens (tertiary/aromatic N) is 3. The van der Waals surface area contributed by atoms with Gasteiger partial charge in [0.15, 0.2) is 5.17 Å². The molecule has 134 valence electrons. The molecule has 0 N–H and O–H groups in total. The van der Waals surface area contributed by atoms with Crippen molar-refractivity contribution in [1.82, 2.24) is 4.90 Å². The molecule has 1 aliphatic rings.